The van der Waals surface area contributed by atoms with Crippen molar-refractivity contribution >= 4 is 22.3 Å². The van der Waals surface area contributed by atoms with E-state index in [0.717, 1.165) is 23.6 Å². The molecular formula is C12H20N2O6S. The first-order valence-electron chi connectivity index (χ1n) is 7.07. The van der Waals surface area contributed by atoms with Crippen molar-refractivity contribution in [3.8, 4) is 0 Å². The highest BCUT2D eigenvalue weighted by Gasteiger charge is 2.51. The van der Waals surface area contributed by atoms with Crippen molar-refractivity contribution in [3.05, 3.63) is 0 Å². The molecule has 21 heavy (non-hydrogen) atoms. The summed E-state index contributed by atoms with van der Waals surface area (Å²) in [5.74, 6) is -1.14. The molecule has 0 aromatic carbocycles. The maximum absolute atomic E-state index is 12.3. The van der Waals surface area contributed by atoms with Gasteiger partial charge in [-0.25, -0.2) is 9.52 Å². The molecule has 0 radical (unpaired) electrons. The van der Waals surface area contributed by atoms with Crippen LogP contribution in [0.1, 0.15) is 39.0 Å². The van der Waals surface area contributed by atoms with Crippen LogP contribution < -0.4 is 4.72 Å². The number of carbonyl (C=O) groups is 2. The SMILES string of the molecule is CCOC(=O)NS(=O)(=O)N1C(C(=O)O)CC2CCCCC21. The number of carbonyl (C=O) groups excluding carboxylic acids is 1. The van der Waals surface area contributed by atoms with Gasteiger partial charge in [-0.05, 0) is 32.1 Å². The topological polar surface area (TPSA) is 113 Å². The van der Waals surface area contributed by atoms with Crippen LogP contribution in [0.5, 0.6) is 0 Å². The van der Waals surface area contributed by atoms with Gasteiger partial charge in [0, 0.05) is 6.04 Å². The predicted molar refractivity (Wildman–Crippen MR) is 72.7 cm³/mol. The molecule has 1 saturated heterocycles. The minimum absolute atomic E-state index is 0.0375. The fraction of sp³-hybridized carbons (Fsp3) is 0.833. The maximum Gasteiger partial charge on any atom is 0.421 e. The fourth-order valence-corrected chi connectivity index (χ4v) is 4.81. The summed E-state index contributed by atoms with van der Waals surface area (Å²) in [5, 5.41) is 9.28. The Hall–Kier alpha value is -1.35. The molecule has 3 unspecified atom stereocenters. The summed E-state index contributed by atoms with van der Waals surface area (Å²) in [6.45, 7) is 1.59. The Morgan fingerprint density at radius 3 is 2.62 bits per heavy atom. The second kappa shape index (κ2) is 6.18. The summed E-state index contributed by atoms with van der Waals surface area (Å²) in [4.78, 5) is 22.7. The molecule has 1 saturated carbocycles. The summed E-state index contributed by atoms with van der Waals surface area (Å²) >= 11 is 0. The molecule has 1 aliphatic carbocycles. The highest BCUT2D eigenvalue weighted by Crippen LogP contribution is 2.41. The lowest BCUT2D eigenvalue weighted by atomic mass is 9.85. The summed E-state index contributed by atoms with van der Waals surface area (Å²) < 4.78 is 32.0. The summed E-state index contributed by atoms with van der Waals surface area (Å²) in [5.41, 5.74) is 0. The average molecular weight is 320 g/mol. The van der Waals surface area contributed by atoms with Crippen LogP contribution in [0.15, 0.2) is 0 Å². The zero-order chi connectivity index (χ0) is 15.6. The van der Waals surface area contributed by atoms with Gasteiger partial charge in [-0.15, -0.1) is 0 Å². The summed E-state index contributed by atoms with van der Waals surface area (Å²) in [6.07, 6.45) is 2.49. The van der Waals surface area contributed by atoms with Gasteiger partial charge in [-0.3, -0.25) is 4.79 Å². The monoisotopic (exact) mass is 320 g/mol. The van der Waals surface area contributed by atoms with E-state index in [-0.39, 0.29) is 18.6 Å². The number of hydrogen-bond acceptors (Lipinski definition) is 5. The van der Waals surface area contributed by atoms with E-state index in [1.54, 1.807) is 11.6 Å². The summed E-state index contributed by atoms with van der Waals surface area (Å²) in [6, 6.07) is -1.48. The molecule has 1 amide bonds. The fourth-order valence-electron chi connectivity index (χ4n) is 3.29. The molecule has 120 valence electrons. The van der Waals surface area contributed by atoms with E-state index in [2.05, 4.69) is 4.74 Å². The van der Waals surface area contributed by atoms with Gasteiger partial charge in [0.25, 0.3) is 0 Å². The van der Waals surface area contributed by atoms with E-state index in [9.17, 15) is 23.1 Å². The van der Waals surface area contributed by atoms with Crippen LogP contribution in [0.2, 0.25) is 0 Å². The third-order valence-corrected chi connectivity index (χ3v) is 5.58. The van der Waals surface area contributed by atoms with Crippen LogP contribution in [-0.4, -0.2) is 48.6 Å². The lowest BCUT2D eigenvalue weighted by Crippen LogP contribution is -2.52. The number of carboxylic acid groups (broad SMARTS) is 1. The molecule has 2 N–H and O–H groups in total. The molecule has 2 rings (SSSR count). The summed E-state index contributed by atoms with van der Waals surface area (Å²) in [7, 11) is -4.22. The largest absolute Gasteiger partial charge is 0.480 e. The highest BCUT2D eigenvalue weighted by molar-refractivity contribution is 7.87. The van der Waals surface area contributed by atoms with Crippen molar-refractivity contribution in [2.45, 2.75) is 51.1 Å². The Labute approximate surface area is 123 Å². The van der Waals surface area contributed by atoms with Gasteiger partial charge in [0.05, 0.1) is 6.61 Å². The van der Waals surface area contributed by atoms with Crippen molar-refractivity contribution < 1.29 is 27.9 Å². The zero-order valence-corrected chi connectivity index (χ0v) is 12.6. The van der Waals surface area contributed by atoms with Gasteiger partial charge >= 0.3 is 22.3 Å². The van der Waals surface area contributed by atoms with Crippen LogP contribution in [-0.2, 0) is 19.7 Å². The van der Waals surface area contributed by atoms with Gasteiger partial charge < -0.3 is 9.84 Å². The molecular weight excluding hydrogens is 300 g/mol. The standard InChI is InChI=1S/C12H20N2O6S/c1-2-20-12(17)13-21(18,19)14-9-6-4-3-5-8(9)7-10(14)11(15)16/h8-10H,2-7H2,1H3,(H,13,17)(H,15,16). The van der Waals surface area contributed by atoms with Crippen LogP contribution in [0.25, 0.3) is 0 Å². The van der Waals surface area contributed by atoms with Crippen LogP contribution >= 0.6 is 0 Å². The minimum Gasteiger partial charge on any atom is -0.480 e. The predicted octanol–water partition coefficient (Wildman–Crippen LogP) is 0.695. The van der Waals surface area contributed by atoms with Gasteiger partial charge in [0.1, 0.15) is 6.04 Å². The first kappa shape index (κ1) is 16.0. The van der Waals surface area contributed by atoms with E-state index >= 15 is 0 Å². The second-order valence-corrected chi connectivity index (χ2v) is 6.94. The molecule has 0 aromatic rings. The Bertz CT molecular complexity index is 520. The molecule has 3 atom stereocenters. The number of nitrogens with zero attached hydrogens (tertiary/aromatic N) is 1. The molecule has 0 spiro atoms. The lowest BCUT2D eigenvalue weighted by molar-refractivity contribution is -0.141. The van der Waals surface area contributed by atoms with Gasteiger partial charge in [0.2, 0.25) is 0 Å². The van der Waals surface area contributed by atoms with Crippen LogP contribution in [0.4, 0.5) is 4.79 Å². The Morgan fingerprint density at radius 1 is 1.33 bits per heavy atom. The Balaban J connectivity index is 2.24. The quantitative estimate of drug-likeness (QED) is 0.788. The third-order valence-electron chi connectivity index (χ3n) is 4.08. The molecule has 1 heterocycles. The number of fused-ring (bicyclic) bond motifs is 1. The van der Waals surface area contributed by atoms with Crippen molar-refractivity contribution in [3.63, 3.8) is 0 Å². The molecule has 0 aromatic heterocycles. The van der Waals surface area contributed by atoms with Gasteiger partial charge in [0.15, 0.2) is 0 Å². The van der Waals surface area contributed by atoms with E-state index in [1.165, 1.54) is 0 Å². The van der Waals surface area contributed by atoms with Gasteiger partial charge in [-0.1, -0.05) is 12.8 Å². The van der Waals surface area contributed by atoms with E-state index in [0.29, 0.717) is 12.8 Å². The van der Waals surface area contributed by atoms with Crippen LogP contribution in [0.3, 0.4) is 0 Å². The lowest BCUT2D eigenvalue weighted by Gasteiger charge is -2.31. The molecule has 9 heteroatoms. The number of ether oxygens (including phenoxy) is 1. The number of carboxylic acids is 1. The minimum atomic E-state index is -4.22. The Morgan fingerprint density at radius 2 is 2.00 bits per heavy atom. The van der Waals surface area contributed by atoms with Crippen LogP contribution in [0, 0.1) is 5.92 Å². The average Bonchev–Trinajstić information content (AvgIpc) is 2.78. The first-order valence-corrected chi connectivity index (χ1v) is 8.51. The molecule has 2 aliphatic rings. The van der Waals surface area contributed by atoms with E-state index in [4.69, 9.17) is 0 Å². The zero-order valence-electron chi connectivity index (χ0n) is 11.8. The van der Waals surface area contributed by atoms with Crippen molar-refractivity contribution in [1.82, 2.24) is 9.03 Å². The number of hydrogen-bond donors (Lipinski definition) is 2. The molecule has 2 fully saturated rings. The third kappa shape index (κ3) is 3.29. The molecule has 0 bridgehead atoms. The van der Waals surface area contributed by atoms with Gasteiger partial charge in [-0.2, -0.15) is 12.7 Å². The molecule has 8 nitrogen and oxygen atoms in total. The van der Waals surface area contributed by atoms with Crippen molar-refractivity contribution in [2.24, 2.45) is 5.92 Å². The Kier molecular flexibility index (Phi) is 4.72. The maximum atomic E-state index is 12.3. The normalized spacial score (nSPS) is 29.7. The number of rotatable bonds is 4. The number of aliphatic carboxylic acids is 1. The highest BCUT2D eigenvalue weighted by atomic mass is 32.2. The first-order chi connectivity index (χ1) is 9.86. The van der Waals surface area contributed by atoms with E-state index < -0.39 is 28.3 Å². The molecule has 1 aliphatic heterocycles. The van der Waals surface area contributed by atoms with Crippen molar-refractivity contribution in [1.29, 1.82) is 0 Å². The smallest absolute Gasteiger partial charge is 0.421 e. The second-order valence-electron chi connectivity index (χ2n) is 5.36. The van der Waals surface area contributed by atoms with Crippen molar-refractivity contribution in [2.75, 3.05) is 6.61 Å². The van der Waals surface area contributed by atoms with E-state index in [1.807, 2.05) is 0 Å². The number of nitrogens with one attached hydrogen (secondary N) is 1. The number of amides is 1.